The Morgan fingerprint density at radius 3 is 3.00 bits per heavy atom. The maximum Gasteiger partial charge on any atom is 0.147 e. The van der Waals surface area contributed by atoms with Gasteiger partial charge in [0, 0.05) is 24.0 Å². The molecule has 100 valence electrons. The van der Waals surface area contributed by atoms with Crippen LogP contribution in [-0.2, 0) is 0 Å². The van der Waals surface area contributed by atoms with Crippen LogP contribution in [0.3, 0.4) is 0 Å². The van der Waals surface area contributed by atoms with E-state index in [1.807, 2.05) is 18.3 Å². The van der Waals surface area contributed by atoms with Crippen molar-refractivity contribution in [1.29, 1.82) is 0 Å². The molecule has 3 N–H and O–H groups in total. The number of hydrogen-bond donors (Lipinski definition) is 2. The van der Waals surface area contributed by atoms with Gasteiger partial charge >= 0.3 is 0 Å². The molecular formula is C14H18N4S. The second-order valence-corrected chi connectivity index (χ2v) is 5.95. The monoisotopic (exact) mass is 274 g/mol. The van der Waals surface area contributed by atoms with Crippen LogP contribution in [0, 0.1) is 5.92 Å². The molecule has 2 atom stereocenters. The average molecular weight is 274 g/mol. The van der Waals surface area contributed by atoms with Crippen LogP contribution in [0.4, 0.5) is 10.8 Å². The first kappa shape index (κ1) is 12.4. The Bertz CT molecular complexity index is 552. The number of nitrogens with zero attached hydrogens (tertiary/aromatic N) is 2. The molecule has 0 spiro atoms. The maximum absolute atomic E-state index is 6.01. The molecule has 5 heteroatoms. The van der Waals surface area contributed by atoms with E-state index in [9.17, 15) is 0 Å². The topological polar surface area (TPSA) is 63.8 Å². The molecule has 0 saturated heterocycles. The fourth-order valence-electron chi connectivity index (χ4n) is 2.72. The molecular weight excluding hydrogens is 256 g/mol. The highest BCUT2D eigenvalue weighted by atomic mass is 32.1. The summed E-state index contributed by atoms with van der Waals surface area (Å²) < 4.78 is 4.29. The fraction of sp³-hybridized carbons (Fsp3) is 0.429. The van der Waals surface area contributed by atoms with Crippen LogP contribution >= 0.6 is 11.5 Å². The second kappa shape index (κ2) is 5.17. The van der Waals surface area contributed by atoms with Crippen molar-refractivity contribution in [3.63, 3.8) is 0 Å². The number of anilines is 2. The standard InChI is InChI=1S/C14H18N4S/c1-9-4-2-6-11(9)17-14-12(13(15)18-19-14)10-5-3-7-16-8-10/h3,5,7-9,11,17H,2,4,6H2,1H3,(H2,15,18). The molecule has 2 unspecified atom stereocenters. The number of nitrogen functional groups attached to an aromatic ring is 1. The molecule has 2 aromatic heterocycles. The molecule has 4 nitrogen and oxygen atoms in total. The minimum absolute atomic E-state index is 0.537. The smallest absolute Gasteiger partial charge is 0.147 e. The molecule has 1 fully saturated rings. The second-order valence-electron chi connectivity index (χ2n) is 5.17. The van der Waals surface area contributed by atoms with Crippen LogP contribution in [-0.4, -0.2) is 15.4 Å². The zero-order valence-corrected chi connectivity index (χ0v) is 11.8. The summed E-state index contributed by atoms with van der Waals surface area (Å²) >= 11 is 1.45. The summed E-state index contributed by atoms with van der Waals surface area (Å²) in [7, 11) is 0. The van der Waals surface area contributed by atoms with E-state index < -0.39 is 0 Å². The Morgan fingerprint density at radius 2 is 2.32 bits per heavy atom. The Morgan fingerprint density at radius 1 is 1.42 bits per heavy atom. The van der Waals surface area contributed by atoms with Crippen molar-refractivity contribution in [1.82, 2.24) is 9.36 Å². The van der Waals surface area contributed by atoms with Gasteiger partial charge in [-0.2, -0.15) is 4.37 Å². The summed E-state index contributed by atoms with van der Waals surface area (Å²) in [5.74, 6) is 1.30. The van der Waals surface area contributed by atoms with E-state index in [-0.39, 0.29) is 0 Å². The summed E-state index contributed by atoms with van der Waals surface area (Å²) in [5.41, 5.74) is 8.04. The summed E-state index contributed by atoms with van der Waals surface area (Å²) in [5, 5.41) is 4.70. The van der Waals surface area contributed by atoms with Crippen LogP contribution in [0.2, 0.25) is 0 Å². The molecule has 1 saturated carbocycles. The summed E-state index contributed by atoms with van der Waals surface area (Å²) in [4.78, 5) is 4.16. The van der Waals surface area contributed by atoms with E-state index in [1.54, 1.807) is 6.20 Å². The molecule has 2 aromatic rings. The third-order valence-corrected chi connectivity index (χ3v) is 4.64. The van der Waals surface area contributed by atoms with E-state index in [4.69, 9.17) is 5.73 Å². The lowest BCUT2D eigenvalue weighted by molar-refractivity contribution is 0.557. The van der Waals surface area contributed by atoms with Gasteiger partial charge in [-0.3, -0.25) is 4.98 Å². The summed E-state index contributed by atoms with van der Waals surface area (Å²) in [6, 6.07) is 4.49. The van der Waals surface area contributed by atoms with Gasteiger partial charge in [0.05, 0.1) is 5.56 Å². The van der Waals surface area contributed by atoms with Crippen molar-refractivity contribution >= 4 is 22.4 Å². The lowest BCUT2D eigenvalue weighted by Gasteiger charge is -2.18. The van der Waals surface area contributed by atoms with E-state index >= 15 is 0 Å². The van der Waals surface area contributed by atoms with Crippen molar-refractivity contribution in [3.05, 3.63) is 24.5 Å². The lowest BCUT2D eigenvalue weighted by atomic mass is 10.1. The quantitative estimate of drug-likeness (QED) is 0.900. The predicted octanol–water partition coefficient (Wildman–Crippen LogP) is 3.39. The van der Waals surface area contributed by atoms with Gasteiger partial charge in [-0.25, -0.2) is 0 Å². The number of hydrogen-bond acceptors (Lipinski definition) is 5. The van der Waals surface area contributed by atoms with Crippen molar-refractivity contribution in [2.24, 2.45) is 5.92 Å². The molecule has 0 radical (unpaired) electrons. The van der Waals surface area contributed by atoms with E-state index in [0.717, 1.165) is 16.1 Å². The zero-order valence-electron chi connectivity index (χ0n) is 11.0. The third kappa shape index (κ3) is 2.42. The van der Waals surface area contributed by atoms with Crippen molar-refractivity contribution < 1.29 is 0 Å². The number of nitrogens with one attached hydrogen (secondary N) is 1. The Kier molecular flexibility index (Phi) is 3.38. The van der Waals surface area contributed by atoms with Crippen LogP contribution in [0.15, 0.2) is 24.5 Å². The molecule has 1 aliphatic rings. The highest BCUT2D eigenvalue weighted by Gasteiger charge is 2.25. The minimum atomic E-state index is 0.537. The van der Waals surface area contributed by atoms with Gasteiger partial charge in [0.25, 0.3) is 0 Å². The molecule has 19 heavy (non-hydrogen) atoms. The van der Waals surface area contributed by atoms with Gasteiger partial charge < -0.3 is 11.1 Å². The molecule has 0 amide bonds. The van der Waals surface area contributed by atoms with Gasteiger partial charge in [-0.15, -0.1) is 0 Å². The van der Waals surface area contributed by atoms with E-state index in [1.165, 1.54) is 30.8 Å². The SMILES string of the molecule is CC1CCCC1Nc1snc(N)c1-c1cccnc1. The molecule has 0 aliphatic heterocycles. The fourth-order valence-corrected chi connectivity index (χ4v) is 3.52. The van der Waals surface area contributed by atoms with Crippen LogP contribution < -0.4 is 11.1 Å². The number of aromatic nitrogens is 2. The predicted molar refractivity (Wildman–Crippen MR) is 80.2 cm³/mol. The Labute approximate surface area is 117 Å². The molecule has 2 heterocycles. The Hall–Kier alpha value is -1.62. The van der Waals surface area contributed by atoms with Crippen molar-refractivity contribution in [2.75, 3.05) is 11.1 Å². The molecule has 0 bridgehead atoms. The Balaban J connectivity index is 1.91. The third-order valence-electron chi connectivity index (χ3n) is 3.85. The van der Waals surface area contributed by atoms with Gasteiger partial charge in [0.1, 0.15) is 10.8 Å². The number of nitrogens with two attached hydrogens (primary N) is 1. The maximum atomic E-state index is 6.01. The summed E-state index contributed by atoms with van der Waals surface area (Å²) in [6.45, 7) is 2.30. The first-order chi connectivity index (χ1) is 9.25. The van der Waals surface area contributed by atoms with E-state index in [0.29, 0.717) is 17.8 Å². The minimum Gasteiger partial charge on any atom is -0.382 e. The highest BCUT2D eigenvalue weighted by Crippen LogP contribution is 2.38. The van der Waals surface area contributed by atoms with Gasteiger partial charge in [-0.05, 0) is 36.4 Å². The van der Waals surface area contributed by atoms with E-state index in [2.05, 4.69) is 21.6 Å². The highest BCUT2D eigenvalue weighted by molar-refractivity contribution is 7.11. The summed E-state index contributed by atoms with van der Waals surface area (Å²) in [6.07, 6.45) is 7.43. The first-order valence-electron chi connectivity index (χ1n) is 6.68. The van der Waals surface area contributed by atoms with Gasteiger partial charge in [0.15, 0.2) is 0 Å². The van der Waals surface area contributed by atoms with Crippen LogP contribution in [0.5, 0.6) is 0 Å². The normalized spacial score (nSPS) is 22.6. The molecule has 3 rings (SSSR count). The number of pyridine rings is 1. The lowest BCUT2D eigenvalue weighted by Crippen LogP contribution is -2.21. The average Bonchev–Trinajstić information content (AvgIpc) is 2.98. The van der Waals surface area contributed by atoms with Crippen molar-refractivity contribution in [3.8, 4) is 11.1 Å². The van der Waals surface area contributed by atoms with Crippen LogP contribution in [0.1, 0.15) is 26.2 Å². The molecule has 1 aliphatic carbocycles. The zero-order chi connectivity index (χ0) is 13.2. The van der Waals surface area contributed by atoms with Gasteiger partial charge in [0.2, 0.25) is 0 Å². The van der Waals surface area contributed by atoms with Gasteiger partial charge in [-0.1, -0.05) is 19.4 Å². The van der Waals surface area contributed by atoms with Crippen molar-refractivity contribution in [2.45, 2.75) is 32.2 Å². The largest absolute Gasteiger partial charge is 0.382 e. The van der Waals surface area contributed by atoms with Crippen LogP contribution in [0.25, 0.3) is 11.1 Å². The number of rotatable bonds is 3. The molecule has 0 aromatic carbocycles. The first-order valence-corrected chi connectivity index (χ1v) is 7.45.